The molecular formula is C23H23ClN4O4. The summed E-state index contributed by atoms with van der Waals surface area (Å²) in [6, 6.07) is 13.7. The Hall–Kier alpha value is -3.78. The van der Waals surface area contributed by atoms with E-state index in [9.17, 15) is 4.79 Å². The van der Waals surface area contributed by atoms with Crippen molar-refractivity contribution in [3.63, 3.8) is 0 Å². The molecule has 0 fully saturated rings. The van der Waals surface area contributed by atoms with Gasteiger partial charge in [0.2, 0.25) is 11.7 Å². The van der Waals surface area contributed by atoms with E-state index >= 15 is 0 Å². The Morgan fingerprint density at radius 1 is 0.969 bits per heavy atom. The predicted octanol–water partition coefficient (Wildman–Crippen LogP) is 4.16. The number of pyridine rings is 1. The van der Waals surface area contributed by atoms with Crippen LogP contribution in [0.25, 0.3) is 0 Å². The number of halogens is 1. The van der Waals surface area contributed by atoms with Crippen molar-refractivity contribution in [1.82, 2.24) is 10.3 Å². The number of methoxy groups -OCH3 is 3. The number of anilines is 1. The maximum absolute atomic E-state index is 12.8. The molecule has 1 heterocycles. The average Bonchev–Trinajstić information content (AvgIpc) is 2.82. The van der Waals surface area contributed by atoms with Crippen LogP contribution in [0.15, 0.2) is 65.9 Å². The first kappa shape index (κ1) is 22.9. The summed E-state index contributed by atoms with van der Waals surface area (Å²) in [5.41, 5.74) is 1.96. The summed E-state index contributed by atoms with van der Waals surface area (Å²) < 4.78 is 16.2. The van der Waals surface area contributed by atoms with Gasteiger partial charge >= 0.3 is 0 Å². The Morgan fingerprint density at radius 2 is 1.59 bits per heavy atom. The molecule has 32 heavy (non-hydrogen) atoms. The number of aliphatic imine (C=N–C) groups is 1. The standard InChI is InChI=1S/C23H23ClN4O4/c1-30-19-12-18(13-20(31-2)21(19)32-3)27-23(26-14-15-8-10-25-11-9-15)28-22(29)16-4-6-17(24)7-5-16/h4-13H,14H2,1-3H3,(H2,26,27,28,29). The molecule has 0 atom stereocenters. The largest absolute Gasteiger partial charge is 0.493 e. The fourth-order valence-corrected chi connectivity index (χ4v) is 2.97. The molecule has 0 saturated heterocycles. The normalized spacial score (nSPS) is 10.9. The summed E-state index contributed by atoms with van der Waals surface area (Å²) in [5.74, 6) is 1.30. The van der Waals surface area contributed by atoms with Gasteiger partial charge < -0.3 is 19.5 Å². The van der Waals surface area contributed by atoms with Crippen molar-refractivity contribution in [2.75, 3.05) is 26.6 Å². The number of hydrogen-bond donors (Lipinski definition) is 2. The highest BCUT2D eigenvalue weighted by Crippen LogP contribution is 2.39. The molecule has 1 amide bonds. The molecule has 2 aromatic carbocycles. The minimum atomic E-state index is -0.338. The van der Waals surface area contributed by atoms with Gasteiger partial charge in [-0.2, -0.15) is 0 Å². The topological polar surface area (TPSA) is 94.1 Å². The SMILES string of the molecule is COc1cc(NC(=NCc2ccncc2)NC(=O)c2ccc(Cl)cc2)cc(OC)c1OC. The smallest absolute Gasteiger partial charge is 0.257 e. The van der Waals surface area contributed by atoms with Gasteiger partial charge in [-0.25, -0.2) is 4.99 Å². The van der Waals surface area contributed by atoms with Crippen LogP contribution < -0.4 is 24.8 Å². The molecule has 0 bridgehead atoms. The number of aromatic nitrogens is 1. The molecule has 0 radical (unpaired) electrons. The lowest BCUT2D eigenvalue weighted by atomic mass is 10.2. The number of carbonyl (C=O) groups excluding carboxylic acids is 1. The molecule has 9 heteroatoms. The van der Waals surface area contributed by atoms with Gasteiger partial charge in [-0.1, -0.05) is 11.6 Å². The molecule has 0 aliphatic rings. The first-order chi connectivity index (χ1) is 15.5. The summed E-state index contributed by atoms with van der Waals surface area (Å²) >= 11 is 5.92. The Bertz CT molecular complexity index is 1060. The zero-order chi connectivity index (χ0) is 22.9. The van der Waals surface area contributed by atoms with E-state index < -0.39 is 0 Å². The molecule has 3 aromatic rings. The van der Waals surface area contributed by atoms with Crippen LogP contribution in [0.4, 0.5) is 5.69 Å². The van der Waals surface area contributed by atoms with Gasteiger partial charge in [-0.05, 0) is 42.0 Å². The van der Waals surface area contributed by atoms with E-state index in [0.29, 0.717) is 40.1 Å². The first-order valence-electron chi connectivity index (χ1n) is 9.61. The van der Waals surface area contributed by atoms with Gasteiger partial charge in [0.1, 0.15) is 0 Å². The summed E-state index contributed by atoms with van der Waals surface area (Å²) in [7, 11) is 4.59. The van der Waals surface area contributed by atoms with Crippen LogP contribution in [0, 0.1) is 0 Å². The third-order valence-electron chi connectivity index (χ3n) is 4.43. The Kier molecular flexibility index (Phi) is 7.88. The number of guanidine groups is 1. The molecule has 0 aliphatic carbocycles. The van der Waals surface area contributed by atoms with Crippen LogP contribution in [0.1, 0.15) is 15.9 Å². The van der Waals surface area contributed by atoms with Crippen molar-refractivity contribution in [3.05, 3.63) is 77.1 Å². The second-order valence-corrected chi connectivity index (χ2v) is 6.96. The molecule has 3 rings (SSSR count). The van der Waals surface area contributed by atoms with E-state index in [4.69, 9.17) is 25.8 Å². The van der Waals surface area contributed by atoms with Crippen LogP contribution in [0.3, 0.4) is 0 Å². The maximum atomic E-state index is 12.8. The molecule has 0 saturated carbocycles. The predicted molar refractivity (Wildman–Crippen MR) is 124 cm³/mol. The highest BCUT2D eigenvalue weighted by molar-refractivity contribution is 6.30. The van der Waals surface area contributed by atoms with E-state index in [2.05, 4.69) is 20.6 Å². The van der Waals surface area contributed by atoms with E-state index in [1.165, 1.54) is 21.3 Å². The van der Waals surface area contributed by atoms with E-state index in [1.807, 2.05) is 12.1 Å². The molecule has 166 valence electrons. The van der Waals surface area contributed by atoms with E-state index in [1.54, 1.807) is 48.8 Å². The molecule has 2 N–H and O–H groups in total. The number of nitrogens with zero attached hydrogens (tertiary/aromatic N) is 2. The average molecular weight is 455 g/mol. The van der Waals surface area contributed by atoms with Crippen molar-refractivity contribution in [2.45, 2.75) is 6.54 Å². The highest BCUT2D eigenvalue weighted by Gasteiger charge is 2.15. The summed E-state index contributed by atoms with van der Waals surface area (Å²) in [6.45, 7) is 0.330. The summed E-state index contributed by atoms with van der Waals surface area (Å²) in [5, 5.41) is 6.47. The third-order valence-corrected chi connectivity index (χ3v) is 4.69. The second kappa shape index (κ2) is 11.0. The van der Waals surface area contributed by atoms with Crippen LogP contribution in [-0.2, 0) is 6.54 Å². The van der Waals surface area contributed by atoms with Crippen molar-refractivity contribution in [1.29, 1.82) is 0 Å². The lowest BCUT2D eigenvalue weighted by Gasteiger charge is -2.16. The molecule has 1 aromatic heterocycles. The van der Waals surface area contributed by atoms with Gasteiger partial charge in [0.15, 0.2) is 11.5 Å². The van der Waals surface area contributed by atoms with Crippen LogP contribution >= 0.6 is 11.6 Å². The van der Waals surface area contributed by atoms with Crippen molar-refractivity contribution in [3.8, 4) is 17.2 Å². The molecule has 0 unspecified atom stereocenters. The maximum Gasteiger partial charge on any atom is 0.257 e. The number of hydrogen-bond acceptors (Lipinski definition) is 6. The summed E-state index contributed by atoms with van der Waals surface area (Å²) in [6.07, 6.45) is 3.37. The lowest BCUT2D eigenvalue weighted by molar-refractivity contribution is 0.0977. The Labute approximate surface area is 191 Å². The minimum absolute atomic E-state index is 0.246. The van der Waals surface area contributed by atoms with Crippen LogP contribution in [0.2, 0.25) is 5.02 Å². The molecule has 0 spiro atoms. The quantitative estimate of drug-likeness (QED) is 0.411. The van der Waals surface area contributed by atoms with E-state index in [0.717, 1.165) is 5.56 Å². The molecular weight excluding hydrogens is 432 g/mol. The first-order valence-corrected chi connectivity index (χ1v) is 9.99. The van der Waals surface area contributed by atoms with Crippen LogP contribution in [-0.4, -0.2) is 38.2 Å². The van der Waals surface area contributed by atoms with Gasteiger partial charge in [0.25, 0.3) is 5.91 Å². The molecule has 0 aliphatic heterocycles. The van der Waals surface area contributed by atoms with Crippen molar-refractivity contribution >= 4 is 29.2 Å². The van der Waals surface area contributed by atoms with Gasteiger partial charge in [0, 0.05) is 40.8 Å². The van der Waals surface area contributed by atoms with Crippen LogP contribution in [0.5, 0.6) is 17.2 Å². The fourth-order valence-electron chi connectivity index (χ4n) is 2.84. The van der Waals surface area contributed by atoms with Crippen molar-refractivity contribution in [2.24, 2.45) is 4.99 Å². The number of carbonyl (C=O) groups is 1. The van der Waals surface area contributed by atoms with E-state index in [-0.39, 0.29) is 11.9 Å². The number of rotatable bonds is 7. The monoisotopic (exact) mass is 454 g/mol. The number of amides is 1. The fraction of sp³-hybridized carbons (Fsp3) is 0.174. The zero-order valence-corrected chi connectivity index (χ0v) is 18.6. The van der Waals surface area contributed by atoms with Gasteiger partial charge in [0.05, 0.1) is 27.9 Å². The molecule has 8 nitrogen and oxygen atoms in total. The number of nitrogens with one attached hydrogen (secondary N) is 2. The highest BCUT2D eigenvalue weighted by atomic mass is 35.5. The summed E-state index contributed by atoms with van der Waals surface area (Å²) in [4.78, 5) is 21.3. The lowest BCUT2D eigenvalue weighted by Crippen LogP contribution is -2.36. The van der Waals surface area contributed by atoms with Gasteiger partial charge in [-0.3, -0.25) is 15.1 Å². The van der Waals surface area contributed by atoms with Gasteiger partial charge in [-0.15, -0.1) is 0 Å². The number of ether oxygens (including phenoxy) is 3. The third kappa shape index (κ3) is 5.89. The second-order valence-electron chi connectivity index (χ2n) is 6.52. The number of benzene rings is 2. The Balaban J connectivity index is 1.90. The van der Waals surface area contributed by atoms with Crippen molar-refractivity contribution < 1.29 is 19.0 Å². The minimum Gasteiger partial charge on any atom is -0.493 e. The zero-order valence-electron chi connectivity index (χ0n) is 17.9. The Morgan fingerprint density at radius 3 is 2.16 bits per heavy atom.